The molecular weight excluding hydrogens is 399 g/mol. The van der Waals surface area contributed by atoms with Gasteiger partial charge in [0.25, 0.3) is 0 Å². The molecular formula is C21H22F3N3O3. The number of amides is 3. The Morgan fingerprint density at radius 1 is 1.00 bits per heavy atom. The zero-order chi connectivity index (χ0) is 21.6. The van der Waals surface area contributed by atoms with Crippen molar-refractivity contribution in [2.75, 3.05) is 30.3 Å². The fourth-order valence-electron chi connectivity index (χ4n) is 3.11. The van der Waals surface area contributed by atoms with Crippen molar-refractivity contribution in [2.24, 2.45) is 0 Å². The van der Waals surface area contributed by atoms with E-state index in [2.05, 4.69) is 10.6 Å². The second-order valence-electron chi connectivity index (χ2n) is 6.92. The maximum Gasteiger partial charge on any atom is 0.397 e. The first kappa shape index (κ1) is 21.6. The molecule has 9 heteroatoms. The molecule has 0 spiro atoms. The number of halogens is 3. The van der Waals surface area contributed by atoms with Crippen molar-refractivity contribution in [2.45, 2.75) is 25.1 Å². The van der Waals surface area contributed by atoms with Crippen LogP contribution in [0.1, 0.15) is 24.5 Å². The van der Waals surface area contributed by atoms with E-state index in [-0.39, 0.29) is 17.8 Å². The number of rotatable bonds is 4. The number of benzene rings is 2. The van der Waals surface area contributed by atoms with Gasteiger partial charge in [-0.15, -0.1) is 0 Å². The number of urea groups is 1. The molecule has 30 heavy (non-hydrogen) atoms. The molecule has 0 bridgehead atoms. The highest BCUT2D eigenvalue weighted by Gasteiger charge is 2.31. The Hall–Kier alpha value is -3.07. The first-order valence-corrected chi connectivity index (χ1v) is 9.49. The highest BCUT2D eigenvalue weighted by molar-refractivity contribution is 5.92. The van der Waals surface area contributed by atoms with Gasteiger partial charge in [-0.05, 0) is 36.2 Å². The van der Waals surface area contributed by atoms with Crippen LogP contribution in [0.25, 0.3) is 0 Å². The molecule has 3 rings (SSSR count). The summed E-state index contributed by atoms with van der Waals surface area (Å²) in [5.41, 5.74) is 1.68. The maximum absolute atomic E-state index is 12.7. The number of nitrogens with one attached hydrogen (secondary N) is 2. The number of carbonyl (C=O) groups excluding carboxylic acids is 2. The lowest BCUT2D eigenvalue weighted by Crippen LogP contribution is -2.37. The zero-order valence-electron chi connectivity index (χ0n) is 16.1. The minimum atomic E-state index is -4.56. The molecule has 160 valence electrons. The molecule has 2 aromatic carbocycles. The summed E-state index contributed by atoms with van der Waals surface area (Å²) >= 11 is 0. The number of hydrogen-bond acceptors (Lipinski definition) is 3. The molecule has 2 N–H and O–H groups in total. The zero-order valence-corrected chi connectivity index (χ0v) is 16.1. The first-order valence-electron chi connectivity index (χ1n) is 9.49. The Labute approximate surface area is 172 Å². The van der Waals surface area contributed by atoms with Gasteiger partial charge in [-0.2, -0.15) is 13.2 Å². The number of alkyl halides is 3. The molecule has 1 saturated heterocycles. The highest BCUT2D eigenvalue weighted by Crippen LogP contribution is 2.23. The number of nitrogens with zero attached hydrogens (tertiary/aromatic N) is 1. The second kappa shape index (κ2) is 9.62. The summed E-state index contributed by atoms with van der Waals surface area (Å²) in [6.07, 6.45) is -5.62. The van der Waals surface area contributed by atoms with E-state index in [0.29, 0.717) is 31.8 Å². The van der Waals surface area contributed by atoms with Crippen LogP contribution in [-0.2, 0) is 9.53 Å². The summed E-state index contributed by atoms with van der Waals surface area (Å²) in [7, 11) is 0. The molecule has 0 radical (unpaired) electrons. The summed E-state index contributed by atoms with van der Waals surface area (Å²) in [5.74, 6) is -1.14. The van der Waals surface area contributed by atoms with Gasteiger partial charge in [-0.1, -0.05) is 30.3 Å². The smallest absolute Gasteiger partial charge is 0.372 e. The van der Waals surface area contributed by atoms with Gasteiger partial charge in [-0.3, -0.25) is 4.79 Å². The van der Waals surface area contributed by atoms with Crippen LogP contribution in [0.15, 0.2) is 54.6 Å². The van der Waals surface area contributed by atoms with E-state index in [9.17, 15) is 22.8 Å². The van der Waals surface area contributed by atoms with Crippen LogP contribution in [0.3, 0.4) is 0 Å². The van der Waals surface area contributed by atoms with Crippen LogP contribution in [-0.4, -0.2) is 42.7 Å². The molecule has 0 aliphatic carbocycles. The molecule has 1 fully saturated rings. The normalized spacial score (nSPS) is 17.2. The standard InChI is InChI=1S/C21H22F3N3O3/c22-21(23,24)13-19(28)25-16-7-9-17(10-8-16)26-20(29)27-11-4-12-30-18(14-27)15-5-2-1-3-6-15/h1-3,5-10,18H,4,11-14H2,(H,25,28)(H,26,29). The highest BCUT2D eigenvalue weighted by atomic mass is 19.4. The van der Waals surface area contributed by atoms with Crippen molar-refractivity contribution in [3.05, 3.63) is 60.2 Å². The van der Waals surface area contributed by atoms with E-state index < -0.39 is 18.5 Å². The SMILES string of the molecule is O=C(CC(F)(F)F)Nc1ccc(NC(=O)N2CCCOC(c3ccccc3)C2)cc1. The largest absolute Gasteiger partial charge is 0.397 e. The van der Waals surface area contributed by atoms with Gasteiger partial charge in [0, 0.05) is 24.5 Å². The van der Waals surface area contributed by atoms with E-state index in [1.54, 1.807) is 4.90 Å². The van der Waals surface area contributed by atoms with Crippen LogP contribution in [0.4, 0.5) is 29.3 Å². The predicted molar refractivity (Wildman–Crippen MR) is 106 cm³/mol. The molecule has 1 heterocycles. The van der Waals surface area contributed by atoms with Crippen molar-refractivity contribution < 1.29 is 27.5 Å². The van der Waals surface area contributed by atoms with Gasteiger partial charge in [0.15, 0.2) is 0 Å². The average molecular weight is 421 g/mol. The van der Waals surface area contributed by atoms with Crippen LogP contribution in [0.2, 0.25) is 0 Å². The summed E-state index contributed by atoms with van der Waals surface area (Å²) in [6.45, 7) is 1.50. The third-order valence-corrected chi connectivity index (χ3v) is 4.52. The van der Waals surface area contributed by atoms with Crippen LogP contribution in [0.5, 0.6) is 0 Å². The second-order valence-corrected chi connectivity index (χ2v) is 6.92. The molecule has 1 aliphatic rings. The number of ether oxygens (including phenoxy) is 1. The maximum atomic E-state index is 12.7. The molecule has 3 amide bonds. The number of anilines is 2. The van der Waals surface area contributed by atoms with Gasteiger partial charge in [0.1, 0.15) is 12.5 Å². The molecule has 6 nitrogen and oxygen atoms in total. The lowest BCUT2D eigenvalue weighted by Gasteiger charge is -2.24. The van der Waals surface area contributed by atoms with Crippen molar-refractivity contribution in [1.82, 2.24) is 4.90 Å². The molecule has 2 aromatic rings. The van der Waals surface area contributed by atoms with Crippen LogP contribution in [0, 0.1) is 0 Å². The topological polar surface area (TPSA) is 70.7 Å². The minimum absolute atomic E-state index is 0.217. The quantitative estimate of drug-likeness (QED) is 0.760. The number of carbonyl (C=O) groups is 2. The molecule has 1 unspecified atom stereocenters. The van der Waals surface area contributed by atoms with E-state index in [4.69, 9.17) is 4.74 Å². The van der Waals surface area contributed by atoms with Gasteiger partial charge >= 0.3 is 12.2 Å². The number of hydrogen-bond donors (Lipinski definition) is 2. The third kappa shape index (κ3) is 6.48. The van der Waals surface area contributed by atoms with Crippen molar-refractivity contribution in [3.8, 4) is 0 Å². The van der Waals surface area contributed by atoms with E-state index in [1.807, 2.05) is 30.3 Å². The molecule has 1 aliphatic heterocycles. The predicted octanol–water partition coefficient (Wildman–Crippen LogP) is 4.57. The lowest BCUT2D eigenvalue weighted by atomic mass is 10.1. The Balaban J connectivity index is 1.57. The lowest BCUT2D eigenvalue weighted by molar-refractivity contribution is -0.150. The molecule has 0 saturated carbocycles. The van der Waals surface area contributed by atoms with E-state index in [0.717, 1.165) is 5.56 Å². The van der Waals surface area contributed by atoms with Gasteiger partial charge in [-0.25, -0.2) is 4.79 Å². The van der Waals surface area contributed by atoms with Crippen molar-refractivity contribution >= 4 is 23.3 Å². The fourth-order valence-corrected chi connectivity index (χ4v) is 3.11. The van der Waals surface area contributed by atoms with E-state index in [1.165, 1.54) is 24.3 Å². The van der Waals surface area contributed by atoms with Gasteiger partial charge in [0.2, 0.25) is 5.91 Å². The first-order chi connectivity index (χ1) is 14.3. The summed E-state index contributed by atoms with van der Waals surface area (Å²) in [4.78, 5) is 25.7. The summed E-state index contributed by atoms with van der Waals surface area (Å²) in [5, 5.41) is 4.94. The van der Waals surface area contributed by atoms with Crippen LogP contribution < -0.4 is 10.6 Å². The summed E-state index contributed by atoms with van der Waals surface area (Å²) < 4.78 is 42.6. The van der Waals surface area contributed by atoms with Crippen LogP contribution >= 0.6 is 0 Å². The monoisotopic (exact) mass is 421 g/mol. The Bertz CT molecular complexity index is 857. The van der Waals surface area contributed by atoms with Gasteiger partial charge in [0.05, 0.1) is 6.54 Å². The minimum Gasteiger partial charge on any atom is -0.372 e. The Morgan fingerprint density at radius 2 is 1.63 bits per heavy atom. The average Bonchev–Trinajstić information content (AvgIpc) is 2.95. The van der Waals surface area contributed by atoms with E-state index >= 15 is 0 Å². The van der Waals surface area contributed by atoms with Crippen molar-refractivity contribution in [3.63, 3.8) is 0 Å². The Kier molecular flexibility index (Phi) is 6.94. The van der Waals surface area contributed by atoms with Gasteiger partial charge < -0.3 is 20.3 Å². The molecule has 1 atom stereocenters. The molecule has 0 aromatic heterocycles. The fraction of sp³-hybridized carbons (Fsp3) is 0.333. The van der Waals surface area contributed by atoms with Crippen molar-refractivity contribution in [1.29, 1.82) is 0 Å². The third-order valence-electron chi connectivity index (χ3n) is 4.52. The summed E-state index contributed by atoms with van der Waals surface area (Å²) in [6, 6.07) is 15.3. The Morgan fingerprint density at radius 3 is 2.27 bits per heavy atom.